The van der Waals surface area contributed by atoms with E-state index in [1.165, 1.54) is 35.6 Å². The van der Waals surface area contributed by atoms with Crippen molar-refractivity contribution in [1.29, 1.82) is 0 Å². The third-order valence-corrected chi connectivity index (χ3v) is 4.72. The Balaban J connectivity index is 1.40. The van der Waals surface area contributed by atoms with Crippen molar-refractivity contribution in [1.82, 2.24) is 15.5 Å². The van der Waals surface area contributed by atoms with Crippen LogP contribution in [0.1, 0.15) is 0 Å². The highest BCUT2D eigenvalue weighted by atomic mass is 32.2. The third kappa shape index (κ3) is 5.14. The molecule has 2 heterocycles. The number of amides is 2. The predicted octanol–water partition coefficient (Wildman–Crippen LogP) is 2.78. The average Bonchev–Trinajstić information content (AvgIpc) is 3.31. The van der Waals surface area contributed by atoms with Gasteiger partial charge in [-0.1, -0.05) is 17.8 Å². The standard InChI is InChI=1S/C16H13FN4O3S2/c17-10-3-5-11(6-4-10)19-13(22)8-18-14(23)9-26-16-21-20-15(24-16)12-2-1-7-25-12/h1-7H,8-9H2,(H,18,23)(H,19,22). The number of hydrogen-bond acceptors (Lipinski definition) is 7. The second kappa shape index (κ2) is 8.59. The fourth-order valence-corrected chi connectivity index (χ4v) is 3.10. The van der Waals surface area contributed by atoms with Crippen LogP contribution in [0.5, 0.6) is 0 Å². The highest BCUT2D eigenvalue weighted by molar-refractivity contribution is 7.99. The molecule has 0 unspecified atom stereocenters. The Labute approximate surface area is 156 Å². The molecule has 0 saturated carbocycles. The van der Waals surface area contributed by atoms with Gasteiger partial charge in [-0.25, -0.2) is 4.39 Å². The van der Waals surface area contributed by atoms with Crippen molar-refractivity contribution >= 4 is 40.6 Å². The molecular formula is C16H13FN4O3S2. The Morgan fingerprint density at radius 1 is 1.15 bits per heavy atom. The fraction of sp³-hybridized carbons (Fsp3) is 0.125. The quantitative estimate of drug-likeness (QED) is 0.600. The van der Waals surface area contributed by atoms with Crippen LogP contribution in [0.15, 0.2) is 51.4 Å². The Bertz CT molecular complexity index is 881. The largest absolute Gasteiger partial charge is 0.410 e. The van der Waals surface area contributed by atoms with Crippen LogP contribution >= 0.6 is 23.1 Å². The zero-order valence-electron chi connectivity index (χ0n) is 13.3. The number of thioether (sulfide) groups is 1. The summed E-state index contributed by atoms with van der Waals surface area (Å²) < 4.78 is 18.2. The van der Waals surface area contributed by atoms with Crippen LogP contribution in [0, 0.1) is 5.82 Å². The predicted molar refractivity (Wildman–Crippen MR) is 96.4 cm³/mol. The molecule has 26 heavy (non-hydrogen) atoms. The van der Waals surface area contributed by atoms with Crippen LogP contribution in [-0.2, 0) is 9.59 Å². The van der Waals surface area contributed by atoms with Gasteiger partial charge in [-0.2, -0.15) is 0 Å². The van der Waals surface area contributed by atoms with Gasteiger partial charge in [0.2, 0.25) is 11.8 Å². The van der Waals surface area contributed by atoms with E-state index in [2.05, 4.69) is 20.8 Å². The first-order chi connectivity index (χ1) is 12.6. The zero-order valence-corrected chi connectivity index (χ0v) is 14.9. The van der Waals surface area contributed by atoms with E-state index in [4.69, 9.17) is 4.42 Å². The topological polar surface area (TPSA) is 97.1 Å². The first-order valence-corrected chi connectivity index (χ1v) is 9.29. The number of anilines is 1. The Morgan fingerprint density at radius 3 is 2.69 bits per heavy atom. The fourth-order valence-electron chi connectivity index (χ4n) is 1.86. The summed E-state index contributed by atoms with van der Waals surface area (Å²) in [6, 6.07) is 9.08. The van der Waals surface area contributed by atoms with Crippen molar-refractivity contribution in [2.24, 2.45) is 0 Å². The second-order valence-electron chi connectivity index (χ2n) is 4.97. The SMILES string of the molecule is O=C(CSc1nnc(-c2cccs2)o1)NCC(=O)Nc1ccc(F)cc1. The summed E-state index contributed by atoms with van der Waals surface area (Å²) in [5, 5.41) is 15.0. The van der Waals surface area contributed by atoms with Crippen LogP contribution in [0.3, 0.4) is 0 Å². The number of hydrogen-bond donors (Lipinski definition) is 2. The van der Waals surface area contributed by atoms with Crippen LogP contribution in [0.2, 0.25) is 0 Å². The lowest BCUT2D eigenvalue weighted by atomic mass is 10.3. The van der Waals surface area contributed by atoms with E-state index in [1.807, 2.05) is 17.5 Å². The van der Waals surface area contributed by atoms with Gasteiger partial charge in [-0.15, -0.1) is 21.5 Å². The number of thiophene rings is 1. The number of carbonyl (C=O) groups excluding carboxylic acids is 2. The lowest BCUT2D eigenvalue weighted by Gasteiger charge is -2.06. The van der Waals surface area contributed by atoms with E-state index < -0.39 is 11.7 Å². The number of halogens is 1. The number of benzene rings is 1. The monoisotopic (exact) mass is 392 g/mol. The van der Waals surface area contributed by atoms with E-state index in [-0.39, 0.29) is 23.4 Å². The molecule has 0 bridgehead atoms. The van der Waals surface area contributed by atoms with Gasteiger partial charge in [0.15, 0.2) is 0 Å². The van der Waals surface area contributed by atoms with Gasteiger partial charge in [0.25, 0.3) is 11.1 Å². The summed E-state index contributed by atoms with van der Waals surface area (Å²) in [7, 11) is 0. The molecule has 0 aliphatic carbocycles. The lowest BCUT2D eigenvalue weighted by Crippen LogP contribution is -2.33. The lowest BCUT2D eigenvalue weighted by molar-refractivity contribution is -0.122. The highest BCUT2D eigenvalue weighted by Gasteiger charge is 2.12. The van der Waals surface area contributed by atoms with Crippen molar-refractivity contribution in [3.8, 4) is 10.8 Å². The van der Waals surface area contributed by atoms with Gasteiger partial charge >= 0.3 is 0 Å². The summed E-state index contributed by atoms with van der Waals surface area (Å²) in [6.07, 6.45) is 0. The number of carbonyl (C=O) groups is 2. The molecule has 3 rings (SSSR count). The van der Waals surface area contributed by atoms with Crippen molar-refractivity contribution in [2.45, 2.75) is 5.22 Å². The second-order valence-corrected chi connectivity index (χ2v) is 6.85. The van der Waals surface area contributed by atoms with E-state index in [0.717, 1.165) is 16.6 Å². The first kappa shape index (κ1) is 18.1. The average molecular weight is 392 g/mol. The molecule has 0 spiro atoms. The smallest absolute Gasteiger partial charge is 0.277 e. The normalized spacial score (nSPS) is 10.5. The summed E-state index contributed by atoms with van der Waals surface area (Å²) in [6.45, 7) is -0.193. The summed E-state index contributed by atoms with van der Waals surface area (Å²) >= 11 is 2.56. The van der Waals surface area contributed by atoms with E-state index in [1.54, 1.807) is 0 Å². The van der Waals surface area contributed by atoms with Gasteiger partial charge in [0, 0.05) is 5.69 Å². The molecule has 0 saturated heterocycles. The van der Waals surface area contributed by atoms with Crippen LogP contribution in [-0.4, -0.2) is 34.3 Å². The van der Waals surface area contributed by atoms with Crippen molar-refractivity contribution < 1.29 is 18.4 Å². The highest BCUT2D eigenvalue weighted by Crippen LogP contribution is 2.26. The molecule has 3 aromatic rings. The maximum atomic E-state index is 12.8. The minimum atomic E-state index is -0.410. The Morgan fingerprint density at radius 2 is 1.96 bits per heavy atom. The Kier molecular flexibility index (Phi) is 5.97. The number of rotatable bonds is 7. The maximum absolute atomic E-state index is 12.8. The van der Waals surface area contributed by atoms with Crippen molar-refractivity contribution in [2.75, 3.05) is 17.6 Å². The molecule has 2 amide bonds. The molecule has 0 fully saturated rings. The van der Waals surface area contributed by atoms with Crippen LogP contribution in [0.4, 0.5) is 10.1 Å². The minimum Gasteiger partial charge on any atom is -0.410 e. The van der Waals surface area contributed by atoms with Gasteiger partial charge in [0.1, 0.15) is 5.82 Å². The molecule has 10 heteroatoms. The van der Waals surface area contributed by atoms with Gasteiger partial charge < -0.3 is 15.1 Å². The first-order valence-electron chi connectivity index (χ1n) is 7.42. The maximum Gasteiger partial charge on any atom is 0.277 e. The van der Waals surface area contributed by atoms with Gasteiger partial charge in [-0.3, -0.25) is 9.59 Å². The molecule has 0 aliphatic rings. The van der Waals surface area contributed by atoms with E-state index in [0.29, 0.717) is 11.6 Å². The number of nitrogens with one attached hydrogen (secondary N) is 2. The third-order valence-electron chi connectivity index (χ3n) is 3.04. The minimum absolute atomic E-state index is 0.0376. The van der Waals surface area contributed by atoms with Gasteiger partial charge in [-0.05, 0) is 35.7 Å². The van der Waals surface area contributed by atoms with E-state index in [9.17, 15) is 14.0 Å². The van der Waals surface area contributed by atoms with Crippen molar-refractivity contribution in [3.63, 3.8) is 0 Å². The molecule has 134 valence electrons. The Hall–Kier alpha value is -2.72. The van der Waals surface area contributed by atoms with Crippen molar-refractivity contribution in [3.05, 3.63) is 47.6 Å². The molecule has 7 nitrogen and oxygen atoms in total. The summed E-state index contributed by atoms with van der Waals surface area (Å²) in [4.78, 5) is 24.4. The molecule has 1 aromatic carbocycles. The van der Waals surface area contributed by atoms with E-state index >= 15 is 0 Å². The molecule has 0 atom stereocenters. The van der Waals surface area contributed by atoms with Crippen LogP contribution < -0.4 is 10.6 Å². The van der Waals surface area contributed by atoms with Gasteiger partial charge in [0.05, 0.1) is 17.2 Å². The molecule has 0 aliphatic heterocycles. The summed E-state index contributed by atoms with van der Waals surface area (Å²) in [5.41, 5.74) is 0.451. The number of nitrogens with zero attached hydrogens (tertiary/aromatic N) is 2. The molecular weight excluding hydrogens is 379 g/mol. The molecule has 2 aromatic heterocycles. The zero-order chi connectivity index (χ0) is 18.4. The summed E-state index contributed by atoms with van der Waals surface area (Å²) in [5.74, 6) is -0.707. The number of aromatic nitrogens is 2. The molecule has 0 radical (unpaired) electrons. The van der Waals surface area contributed by atoms with Crippen LogP contribution in [0.25, 0.3) is 10.8 Å². The molecule has 2 N–H and O–H groups in total.